The number of likely N-dealkylation sites (tertiary alicyclic amines) is 1. The normalized spacial score (nSPS) is 22.7. The first-order valence-corrected chi connectivity index (χ1v) is 11.3. The molecule has 4 rings (SSSR count). The molecule has 0 aliphatic carbocycles. The molecule has 1 aromatic carbocycles. The van der Waals surface area contributed by atoms with Gasteiger partial charge in [-0.3, -0.25) is 9.36 Å². The standard InChI is InChI=1S/C21H29N5O2S/c1-16-12-17(2)14-25(13-16)19(27)15-29-21-23-22-20(24-8-10-28-11-9-24)26(21)18-6-4-3-5-7-18/h3-7,16-17H,8-15H2,1-2H3. The molecule has 0 spiro atoms. The second-order valence-corrected chi connectivity index (χ2v) is 9.03. The number of aromatic nitrogens is 3. The number of thioether (sulfide) groups is 1. The molecule has 2 saturated heterocycles. The van der Waals surface area contributed by atoms with Crippen molar-refractivity contribution >= 4 is 23.6 Å². The van der Waals surface area contributed by atoms with E-state index in [0.717, 1.165) is 43.0 Å². The van der Waals surface area contributed by atoms with E-state index in [2.05, 4.69) is 33.5 Å². The minimum Gasteiger partial charge on any atom is -0.378 e. The summed E-state index contributed by atoms with van der Waals surface area (Å²) in [5.41, 5.74) is 1.01. The second-order valence-electron chi connectivity index (χ2n) is 8.09. The number of hydrogen-bond donors (Lipinski definition) is 0. The molecule has 7 nitrogen and oxygen atoms in total. The van der Waals surface area contributed by atoms with E-state index in [1.807, 2.05) is 35.2 Å². The van der Waals surface area contributed by atoms with Gasteiger partial charge in [0.25, 0.3) is 0 Å². The highest BCUT2D eigenvalue weighted by Crippen LogP contribution is 2.28. The van der Waals surface area contributed by atoms with E-state index in [1.54, 1.807) is 0 Å². The average Bonchev–Trinajstić information content (AvgIpc) is 3.16. The summed E-state index contributed by atoms with van der Waals surface area (Å²) in [6.45, 7) is 9.12. The third-order valence-electron chi connectivity index (χ3n) is 5.47. The molecule has 0 radical (unpaired) electrons. The zero-order valence-electron chi connectivity index (χ0n) is 17.2. The molecule has 8 heteroatoms. The molecular formula is C21H29N5O2S. The molecule has 2 fully saturated rings. The molecule has 2 unspecified atom stereocenters. The highest BCUT2D eigenvalue weighted by Gasteiger charge is 2.27. The van der Waals surface area contributed by atoms with Gasteiger partial charge < -0.3 is 14.5 Å². The predicted molar refractivity (Wildman–Crippen MR) is 115 cm³/mol. The number of piperidine rings is 1. The summed E-state index contributed by atoms with van der Waals surface area (Å²) in [7, 11) is 0. The summed E-state index contributed by atoms with van der Waals surface area (Å²) in [5, 5.41) is 9.66. The molecule has 156 valence electrons. The van der Waals surface area contributed by atoms with Crippen LogP contribution in [-0.4, -0.2) is 70.7 Å². The molecule has 0 N–H and O–H groups in total. The van der Waals surface area contributed by atoms with Crippen molar-refractivity contribution in [3.63, 3.8) is 0 Å². The van der Waals surface area contributed by atoms with Crippen LogP contribution in [0.2, 0.25) is 0 Å². The Hall–Kier alpha value is -2.06. The summed E-state index contributed by atoms with van der Waals surface area (Å²) in [4.78, 5) is 17.0. The maximum Gasteiger partial charge on any atom is 0.233 e. The first kappa shape index (κ1) is 20.2. The fraction of sp³-hybridized carbons (Fsp3) is 0.571. The Kier molecular flexibility index (Phi) is 6.40. The SMILES string of the molecule is CC1CC(C)CN(C(=O)CSc2nnc(N3CCOCC3)n2-c2ccccc2)C1. The van der Waals surface area contributed by atoms with Gasteiger partial charge >= 0.3 is 0 Å². The topological polar surface area (TPSA) is 63.5 Å². The summed E-state index contributed by atoms with van der Waals surface area (Å²) in [6.07, 6.45) is 1.20. The minimum atomic E-state index is 0.184. The van der Waals surface area contributed by atoms with Crippen molar-refractivity contribution in [3.05, 3.63) is 30.3 Å². The van der Waals surface area contributed by atoms with Crippen LogP contribution in [0.5, 0.6) is 0 Å². The molecule has 2 atom stereocenters. The van der Waals surface area contributed by atoms with Gasteiger partial charge in [0.1, 0.15) is 0 Å². The molecule has 0 saturated carbocycles. The van der Waals surface area contributed by atoms with Gasteiger partial charge in [-0.1, -0.05) is 43.8 Å². The lowest BCUT2D eigenvalue weighted by molar-refractivity contribution is -0.130. The number of ether oxygens (including phenoxy) is 1. The van der Waals surface area contributed by atoms with Crippen LogP contribution in [-0.2, 0) is 9.53 Å². The van der Waals surface area contributed by atoms with Crippen molar-refractivity contribution in [1.82, 2.24) is 19.7 Å². The third-order valence-corrected chi connectivity index (χ3v) is 6.38. The van der Waals surface area contributed by atoms with E-state index in [0.29, 0.717) is 30.8 Å². The molecule has 3 heterocycles. The number of carbonyl (C=O) groups excluding carboxylic acids is 1. The van der Waals surface area contributed by atoms with E-state index >= 15 is 0 Å². The van der Waals surface area contributed by atoms with E-state index in [-0.39, 0.29) is 5.91 Å². The fourth-order valence-corrected chi connectivity index (χ4v) is 5.06. The summed E-state index contributed by atoms with van der Waals surface area (Å²) in [5.74, 6) is 2.51. The van der Waals surface area contributed by atoms with Gasteiger partial charge in [0.15, 0.2) is 5.16 Å². The lowest BCUT2D eigenvalue weighted by Gasteiger charge is -2.35. The number of para-hydroxylation sites is 1. The number of benzene rings is 1. The third kappa shape index (κ3) is 4.75. The molecule has 2 aliphatic rings. The van der Waals surface area contributed by atoms with Crippen molar-refractivity contribution in [3.8, 4) is 5.69 Å². The molecule has 29 heavy (non-hydrogen) atoms. The summed E-state index contributed by atoms with van der Waals surface area (Å²) < 4.78 is 7.54. The van der Waals surface area contributed by atoms with E-state index in [4.69, 9.17) is 4.74 Å². The number of hydrogen-bond acceptors (Lipinski definition) is 6. The maximum atomic E-state index is 12.8. The Morgan fingerprint density at radius 3 is 2.48 bits per heavy atom. The number of rotatable bonds is 5. The van der Waals surface area contributed by atoms with Crippen LogP contribution in [0.25, 0.3) is 5.69 Å². The van der Waals surface area contributed by atoms with Crippen LogP contribution in [0, 0.1) is 11.8 Å². The van der Waals surface area contributed by atoms with Crippen LogP contribution < -0.4 is 4.90 Å². The summed E-state index contributed by atoms with van der Waals surface area (Å²) >= 11 is 1.47. The van der Waals surface area contributed by atoms with Crippen molar-refractivity contribution in [1.29, 1.82) is 0 Å². The van der Waals surface area contributed by atoms with E-state index < -0.39 is 0 Å². The Balaban J connectivity index is 1.52. The van der Waals surface area contributed by atoms with Gasteiger partial charge in [0.05, 0.1) is 24.7 Å². The van der Waals surface area contributed by atoms with Crippen molar-refractivity contribution in [2.24, 2.45) is 11.8 Å². The monoisotopic (exact) mass is 415 g/mol. The molecule has 1 aromatic heterocycles. The lowest BCUT2D eigenvalue weighted by atomic mass is 9.92. The molecule has 2 aromatic rings. The zero-order valence-corrected chi connectivity index (χ0v) is 18.0. The Bertz CT molecular complexity index is 812. The van der Waals surface area contributed by atoms with Gasteiger partial charge in [-0.25, -0.2) is 0 Å². The van der Waals surface area contributed by atoms with E-state index in [9.17, 15) is 4.79 Å². The predicted octanol–water partition coefficient (Wildman–Crippen LogP) is 2.70. The summed E-state index contributed by atoms with van der Waals surface area (Å²) in [6, 6.07) is 10.1. The first-order valence-electron chi connectivity index (χ1n) is 10.4. The Labute approximate surface area is 176 Å². The minimum absolute atomic E-state index is 0.184. The van der Waals surface area contributed by atoms with Gasteiger partial charge in [-0.2, -0.15) is 0 Å². The Morgan fingerprint density at radius 1 is 1.10 bits per heavy atom. The highest BCUT2D eigenvalue weighted by atomic mass is 32.2. The first-order chi connectivity index (χ1) is 14.1. The van der Waals surface area contributed by atoms with Crippen LogP contribution >= 0.6 is 11.8 Å². The van der Waals surface area contributed by atoms with Crippen molar-refractivity contribution in [2.45, 2.75) is 25.4 Å². The smallest absolute Gasteiger partial charge is 0.233 e. The number of carbonyl (C=O) groups is 1. The molecule has 1 amide bonds. The fourth-order valence-electron chi connectivity index (χ4n) is 4.21. The lowest BCUT2D eigenvalue weighted by Crippen LogP contribution is -2.43. The van der Waals surface area contributed by atoms with Gasteiger partial charge in [-0.15, -0.1) is 10.2 Å². The van der Waals surface area contributed by atoms with Crippen LogP contribution in [0.3, 0.4) is 0 Å². The Morgan fingerprint density at radius 2 is 1.79 bits per heavy atom. The van der Waals surface area contributed by atoms with Crippen LogP contribution in [0.1, 0.15) is 20.3 Å². The number of anilines is 1. The van der Waals surface area contributed by atoms with Gasteiger partial charge in [0, 0.05) is 26.2 Å². The van der Waals surface area contributed by atoms with Crippen LogP contribution in [0.4, 0.5) is 5.95 Å². The molecule has 2 aliphatic heterocycles. The largest absolute Gasteiger partial charge is 0.378 e. The second kappa shape index (κ2) is 9.17. The van der Waals surface area contributed by atoms with Gasteiger partial charge in [0.2, 0.25) is 11.9 Å². The highest BCUT2D eigenvalue weighted by molar-refractivity contribution is 7.99. The number of amides is 1. The number of morpholine rings is 1. The number of nitrogens with zero attached hydrogens (tertiary/aromatic N) is 5. The van der Waals surface area contributed by atoms with Crippen molar-refractivity contribution < 1.29 is 9.53 Å². The quantitative estimate of drug-likeness (QED) is 0.700. The zero-order chi connectivity index (χ0) is 20.2. The molecular weight excluding hydrogens is 386 g/mol. The molecule has 0 bridgehead atoms. The van der Waals surface area contributed by atoms with Gasteiger partial charge in [-0.05, 0) is 30.4 Å². The maximum absolute atomic E-state index is 12.8. The van der Waals surface area contributed by atoms with Crippen molar-refractivity contribution in [2.75, 3.05) is 50.0 Å². The average molecular weight is 416 g/mol. The van der Waals surface area contributed by atoms with E-state index in [1.165, 1.54) is 18.2 Å². The van der Waals surface area contributed by atoms with Crippen LogP contribution in [0.15, 0.2) is 35.5 Å².